The number of methoxy groups -OCH3 is 1. The van der Waals surface area contributed by atoms with Crippen molar-refractivity contribution in [3.63, 3.8) is 0 Å². The Labute approximate surface area is 144 Å². The molecule has 2 aliphatic rings. The molecule has 0 spiro atoms. The summed E-state index contributed by atoms with van der Waals surface area (Å²) in [6.07, 6.45) is 2.12. The highest BCUT2D eigenvalue weighted by atomic mass is 16.5. The van der Waals surface area contributed by atoms with Gasteiger partial charge in [-0.05, 0) is 6.07 Å². The van der Waals surface area contributed by atoms with Crippen molar-refractivity contribution in [3.05, 3.63) is 23.9 Å². The maximum atomic E-state index is 12.8. The third-order valence-corrected chi connectivity index (χ3v) is 4.07. The number of carbonyl (C=O) groups is 3. The zero-order valence-corrected chi connectivity index (χ0v) is 13.8. The molecule has 2 atom stereocenters. The van der Waals surface area contributed by atoms with E-state index in [1.165, 1.54) is 30.3 Å². The predicted octanol–water partition coefficient (Wildman–Crippen LogP) is -0.637. The molecule has 1 aromatic heterocycles. The number of hydrogen-bond donors (Lipinski definition) is 1. The number of nitrogens with zero attached hydrogens (tertiary/aromatic N) is 2. The molecule has 0 aromatic carbocycles. The van der Waals surface area contributed by atoms with Gasteiger partial charge in [0.2, 0.25) is 11.8 Å². The van der Waals surface area contributed by atoms with Crippen LogP contribution >= 0.6 is 0 Å². The fraction of sp³-hybridized carbons (Fsp3) is 0.500. The van der Waals surface area contributed by atoms with Gasteiger partial charge in [0.25, 0.3) is 5.91 Å². The quantitative estimate of drug-likeness (QED) is 0.721. The first-order chi connectivity index (χ1) is 12.1. The Hall–Kier alpha value is -2.68. The second-order valence-electron chi connectivity index (χ2n) is 5.76. The normalized spacial score (nSPS) is 23.1. The Balaban J connectivity index is 1.78. The highest BCUT2D eigenvalue weighted by Gasteiger charge is 2.36. The van der Waals surface area contributed by atoms with Crippen molar-refractivity contribution in [2.24, 2.45) is 0 Å². The van der Waals surface area contributed by atoms with Gasteiger partial charge >= 0.3 is 5.97 Å². The van der Waals surface area contributed by atoms with E-state index < -0.39 is 17.9 Å². The van der Waals surface area contributed by atoms with E-state index in [1.54, 1.807) is 0 Å². The van der Waals surface area contributed by atoms with E-state index in [1.807, 2.05) is 0 Å². The van der Waals surface area contributed by atoms with E-state index >= 15 is 0 Å². The van der Waals surface area contributed by atoms with Crippen LogP contribution in [-0.2, 0) is 19.1 Å². The number of pyridine rings is 1. The first-order valence-corrected chi connectivity index (χ1v) is 7.94. The van der Waals surface area contributed by atoms with E-state index in [0.717, 1.165) is 6.42 Å². The molecule has 0 bridgehead atoms. The molecule has 1 N–H and O–H groups in total. The number of hydrogen-bond acceptors (Lipinski definition) is 7. The molecule has 0 radical (unpaired) electrons. The summed E-state index contributed by atoms with van der Waals surface area (Å²) in [4.78, 5) is 41.6. The van der Waals surface area contributed by atoms with Gasteiger partial charge in [-0.3, -0.25) is 9.59 Å². The van der Waals surface area contributed by atoms with Gasteiger partial charge in [0.1, 0.15) is 18.7 Å². The van der Waals surface area contributed by atoms with Gasteiger partial charge in [-0.25, -0.2) is 9.78 Å². The van der Waals surface area contributed by atoms with Crippen LogP contribution in [0.4, 0.5) is 0 Å². The lowest BCUT2D eigenvalue weighted by Gasteiger charge is -2.33. The molecule has 9 heteroatoms. The Kier molecular flexibility index (Phi) is 5.13. The van der Waals surface area contributed by atoms with Gasteiger partial charge in [0, 0.05) is 30.8 Å². The molecule has 0 unspecified atom stereocenters. The molecule has 3 rings (SSSR count). The van der Waals surface area contributed by atoms with Crippen molar-refractivity contribution in [1.29, 1.82) is 0 Å². The molecule has 9 nitrogen and oxygen atoms in total. The van der Waals surface area contributed by atoms with Crippen LogP contribution in [0.3, 0.4) is 0 Å². The number of ether oxygens (including phenoxy) is 3. The van der Waals surface area contributed by atoms with Gasteiger partial charge in [0.05, 0.1) is 20.3 Å². The third-order valence-electron chi connectivity index (χ3n) is 4.07. The van der Waals surface area contributed by atoms with Crippen molar-refractivity contribution < 1.29 is 28.6 Å². The molecule has 134 valence electrons. The van der Waals surface area contributed by atoms with E-state index in [-0.39, 0.29) is 30.7 Å². The van der Waals surface area contributed by atoms with Crippen molar-refractivity contribution in [2.45, 2.75) is 18.6 Å². The van der Waals surface area contributed by atoms with E-state index in [4.69, 9.17) is 14.2 Å². The Morgan fingerprint density at radius 1 is 1.44 bits per heavy atom. The molecule has 2 aliphatic heterocycles. The lowest BCUT2D eigenvalue weighted by Crippen LogP contribution is -2.59. The van der Waals surface area contributed by atoms with Gasteiger partial charge in [-0.15, -0.1) is 0 Å². The van der Waals surface area contributed by atoms with E-state index in [0.29, 0.717) is 19.1 Å². The monoisotopic (exact) mass is 349 g/mol. The molecule has 2 amide bonds. The standard InChI is InChI=1S/C16H19N3O6/c1-23-16(22)12-7-18-13(20)8-19(12)15(21)10-2-4-17-14(6-10)25-11-3-5-24-9-11/h2,4,6,11-12H,3,5,7-9H2,1H3,(H,18,20)/t11-,12-/m1/s1. The fourth-order valence-electron chi connectivity index (χ4n) is 2.75. The topological polar surface area (TPSA) is 107 Å². The summed E-state index contributed by atoms with van der Waals surface area (Å²) in [5.74, 6) is -1.07. The lowest BCUT2D eigenvalue weighted by atomic mass is 10.1. The Morgan fingerprint density at radius 2 is 2.28 bits per heavy atom. The van der Waals surface area contributed by atoms with Gasteiger partial charge in [-0.1, -0.05) is 0 Å². The summed E-state index contributed by atoms with van der Waals surface area (Å²) in [7, 11) is 1.24. The molecule has 0 aliphatic carbocycles. The SMILES string of the molecule is COC(=O)[C@H]1CNC(=O)CN1C(=O)c1ccnc(O[C@@H]2CCOC2)c1. The van der Waals surface area contributed by atoms with Crippen molar-refractivity contribution in [3.8, 4) is 5.88 Å². The van der Waals surface area contributed by atoms with Crippen LogP contribution in [0.15, 0.2) is 18.3 Å². The average molecular weight is 349 g/mol. The minimum atomic E-state index is -0.865. The van der Waals surface area contributed by atoms with Crippen molar-refractivity contribution >= 4 is 17.8 Å². The molecular formula is C16H19N3O6. The van der Waals surface area contributed by atoms with Crippen LogP contribution in [0, 0.1) is 0 Å². The largest absolute Gasteiger partial charge is 0.472 e. The van der Waals surface area contributed by atoms with Crippen LogP contribution < -0.4 is 10.1 Å². The number of piperazine rings is 1. The zero-order chi connectivity index (χ0) is 17.8. The van der Waals surface area contributed by atoms with Crippen LogP contribution in [-0.4, -0.2) is 73.2 Å². The highest BCUT2D eigenvalue weighted by molar-refractivity contribution is 6.00. The minimum absolute atomic E-state index is 0.0189. The maximum absolute atomic E-state index is 12.8. The number of nitrogens with one attached hydrogen (secondary N) is 1. The second kappa shape index (κ2) is 7.47. The minimum Gasteiger partial charge on any atom is -0.472 e. The smallest absolute Gasteiger partial charge is 0.330 e. The summed E-state index contributed by atoms with van der Waals surface area (Å²) in [5, 5.41) is 2.56. The summed E-state index contributed by atoms with van der Waals surface area (Å²) in [6, 6.07) is 2.15. The molecule has 1 aromatic rings. The summed E-state index contributed by atoms with van der Waals surface area (Å²) < 4.78 is 15.7. The van der Waals surface area contributed by atoms with Gasteiger partial charge in [-0.2, -0.15) is 0 Å². The highest BCUT2D eigenvalue weighted by Crippen LogP contribution is 2.18. The lowest BCUT2D eigenvalue weighted by molar-refractivity contribution is -0.147. The molecular weight excluding hydrogens is 330 g/mol. The Bertz CT molecular complexity index is 674. The summed E-state index contributed by atoms with van der Waals surface area (Å²) in [5.41, 5.74) is 0.285. The van der Waals surface area contributed by atoms with Crippen LogP contribution in [0.25, 0.3) is 0 Å². The van der Waals surface area contributed by atoms with Crippen LogP contribution in [0.2, 0.25) is 0 Å². The van der Waals surface area contributed by atoms with E-state index in [2.05, 4.69) is 10.3 Å². The number of esters is 1. The Morgan fingerprint density at radius 3 is 3.00 bits per heavy atom. The first kappa shape index (κ1) is 17.2. The maximum Gasteiger partial charge on any atom is 0.330 e. The number of carbonyl (C=O) groups excluding carboxylic acids is 3. The molecule has 0 saturated carbocycles. The van der Waals surface area contributed by atoms with Crippen molar-refractivity contribution in [1.82, 2.24) is 15.2 Å². The predicted molar refractivity (Wildman–Crippen MR) is 83.9 cm³/mol. The fourth-order valence-corrected chi connectivity index (χ4v) is 2.75. The number of rotatable bonds is 4. The first-order valence-electron chi connectivity index (χ1n) is 7.94. The molecule has 3 heterocycles. The van der Waals surface area contributed by atoms with Crippen molar-refractivity contribution in [2.75, 3.05) is 33.4 Å². The molecule has 2 saturated heterocycles. The van der Waals surface area contributed by atoms with Crippen LogP contribution in [0.5, 0.6) is 5.88 Å². The molecule has 2 fully saturated rings. The summed E-state index contributed by atoms with van der Waals surface area (Å²) >= 11 is 0. The number of aromatic nitrogens is 1. The van der Waals surface area contributed by atoms with E-state index in [9.17, 15) is 14.4 Å². The summed E-state index contributed by atoms with van der Waals surface area (Å²) in [6.45, 7) is 0.919. The molecule has 25 heavy (non-hydrogen) atoms. The second-order valence-corrected chi connectivity index (χ2v) is 5.76. The number of amides is 2. The van der Waals surface area contributed by atoms with Gasteiger partial charge < -0.3 is 24.4 Å². The zero-order valence-electron chi connectivity index (χ0n) is 13.8. The third kappa shape index (κ3) is 3.87. The van der Waals surface area contributed by atoms with Crippen LogP contribution in [0.1, 0.15) is 16.8 Å². The average Bonchev–Trinajstić information content (AvgIpc) is 3.13. The van der Waals surface area contributed by atoms with Gasteiger partial charge in [0.15, 0.2) is 0 Å².